The van der Waals surface area contributed by atoms with Crippen LogP contribution in [0.1, 0.15) is 12.5 Å². The van der Waals surface area contributed by atoms with Crippen LogP contribution in [0.3, 0.4) is 0 Å². The molecular weight excluding hydrogens is 452 g/mol. The molecule has 1 fully saturated rings. The summed E-state index contributed by atoms with van der Waals surface area (Å²) in [6, 6.07) is 20.1. The van der Waals surface area contributed by atoms with Crippen LogP contribution in [-0.2, 0) is 23.1 Å². The van der Waals surface area contributed by atoms with Gasteiger partial charge in [0.25, 0.3) is 5.69 Å². The number of nitro benzene ring substituents is 1. The van der Waals surface area contributed by atoms with Crippen molar-refractivity contribution in [1.29, 1.82) is 0 Å². The topological polar surface area (TPSA) is 88.7 Å². The standard InChI is InChI=1S/C25H26N4O4S/c1-2-28-24-6-4-3-5-22(24)23-17-19(7-12-25(23)28)18-26-13-15-27(16-14-26)34(32,33)21-10-8-20(9-11-21)29(30)31/h3-12,17H,2,13-16,18H2,1H3. The van der Waals surface area contributed by atoms with Gasteiger partial charge in [-0.05, 0) is 42.8 Å². The number of aromatic nitrogens is 1. The van der Waals surface area contributed by atoms with Crippen LogP contribution in [0.4, 0.5) is 5.69 Å². The second-order valence-corrected chi connectivity index (χ2v) is 10.5. The van der Waals surface area contributed by atoms with Crippen LogP contribution >= 0.6 is 0 Å². The minimum absolute atomic E-state index is 0.0873. The van der Waals surface area contributed by atoms with Crippen molar-refractivity contribution < 1.29 is 13.3 Å². The molecule has 1 aromatic heterocycles. The fourth-order valence-corrected chi connectivity index (χ4v) is 6.24. The van der Waals surface area contributed by atoms with Gasteiger partial charge in [-0.2, -0.15) is 4.31 Å². The number of non-ortho nitro benzene ring substituents is 1. The quantitative estimate of drug-likeness (QED) is 0.306. The van der Waals surface area contributed by atoms with Gasteiger partial charge in [0.05, 0.1) is 9.82 Å². The van der Waals surface area contributed by atoms with Gasteiger partial charge in [0.2, 0.25) is 10.0 Å². The number of fused-ring (bicyclic) bond motifs is 3. The van der Waals surface area contributed by atoms with E-state index >= 15 is 0 Å². The SMILES string of the molecule is CCn1c2ccccc2c2cc(CN3CCN(S(=O)(=O)c4ccc([N+](=O)[O-])cc4)CC3)ccc21. The molecule has 0 amide bonds. The van der Waals surface area contributed by atoms with Gasteiger partial charge in [0, 0.05) is 73.2 Å². The molecule has 0 radical (unpaired) electrons. The number of piperazine rings is 1. The van der Waals surface area contributed by atoms with Crippen molar-refractivity contribution in [2.75, 3.05) is 26.2 Å². The molecule has 8 nitrogen and oxygen atoms in total. The van der Waals surface area contributed by atoms with Crippen LogP contribution in [0.25, 0.3) is 21.8 Å². The average Bonchev–Trinajstić information content (AvgIpc) is 3.17. The van der Waals surface area contributed by atoms with E-state index in [2.05, 4.69) is 58.9 Å². The Morgan fingerprint density at radius 1 is 0.882 bits per heavy atom. The second kappa shape index (κ2) is 8.83. The van der Waals surface area contributed by atoms with Crippen molar-refractivity contribution in [3.05, 3.63) is 82.4 Å². The highest BCUT2D eigenvalue weighted by Crippen LogP contribution is 2.30. The first-order valence-electron chi connectivity index (χ1n) is 11.4. The number of hydrogen-bond donors (Lipinski definition) is 0. The fourth-order valence-electron chi connectivity index (χ4n) is 4.81. The third-order valence-corrected chi connectivity index (χ3v) is 8.49. The Hall–Kier alpha value is -3.27. The third-order valence-electron chi connectivity index (χ3n) is 6.58. The smallest absolute Gasteiger partial charge is 0.269 e. The maximum Gasteiger partial charge on any atom is 0.269 e. The van der Waals surface area contributed by atoms with Gasteiger partial charge in [-0.25, -0.2) is 8.42 Å². The Bertz CT molecular complexity index is 1470. The summed E-state index contributed by atoms with van der Waals surface area (Å²) in [7, 11) is -3.67. The number of nitrogens with zero attached hydrogens (tertiary/aromatic N) is 4. The molecule has 0 N–H and O–H groups in total. The van der Waals surface area contributed by atoms with E-state index in [0.717, 1.165) is 13.1 Å². The van der Waals surface area contributed by atoms with Crippen molar-refractivity contribution in [1.82, 2.24) is 13.8 Å². The minimum atomic E-state index is -3.67. The summed E-state index contributed by atoms with van der Waals surface area (Å²) in [5.41, 5.74) is 3.55. The van der Waals surface area contributed by atoms with Crippen LogP contribution in [0.15, 0.2) is 71.6 Å². The molecule has 0 bridgehead atoms. The largest absolute Gasteiger partial charge is 0.341 e. The highest BCUT2D eigenvalue weighted by molar-refractivity contribution is 7.89. The van der Waals surface area contributed by atoms with Crippen LogP contribution < -0.4 is 0 Å². The number of para-hydroxylation sites is 1. The molecule has 0 unspecified atom stereocenters. The summed E-state index contributed by atoms with van der Waals surface area (Å²) in [5.74, 6) is 0. The molecule has 34 heavy (non-hydrogen) atoms. The van der Waals surface area contributed by atoms with Crippen LogP contribution in [0.2, 0.25) is 0 Å². The number of rotatable bonds is 6. The lowest BCUT2D eigenvalue weighted by molar-refractivity contribution is -0.384. The molecule has 0 spiro atoms. The Labute approximate surface area is 198 Å². The number of benzene rings is 3. The Balaban J connectivity index is 1.30. The van der Waals surface area contributed by atoms with E-state index in [1.807, 2.05) is 0 Å². The highest BCUT2D eigenvalue weighted by Gasteiger charge is 2.29. The van der Waals surface area contributed by atoms with E-state index in [0.29, 0.717) is 26.2 Å². The summed E-state index contributed by atoms with van der Waals surface area (Å²) in [4.78, 5) is 12.7. The van der Waals surface area contributed by atoms with Crippen LogP contribution in [-0.4, -0.2) is 53.3 Å². The fraction of sp³-hybridized carbons (Fsp3) is 0.280. The number of nitro groups is 1. The van der Waals surface area contributed by atoms with Crippen molar-refractivity contribution in [3.8, 4) is 0 Å². The first-order valence-corrected chi connectivity index (χ1v) is 12.8. The Kier molecular flexibility index (Phi) is 5.85. The molecular formula is C25H26N4O4S. The molecule has 2 heterocycles. The van der Waals surface area contributed by atoms with Gasteiger partial charge >= 0.3 is 0 Å². The van der Waals surface area contributed by atoms with E-state index in [1.165, 1.54) is 55.9 Å². The summed E-state index contributed by atoms with van der Waals surface area (Å²) >= 11 is 0. The minimum Gasteiger partial charge on any atom is -0.341 e. The maximum atomic E-state index is 13.0. The summed E-state index contributed by atoms with van der Waals surface area (Å²) in [6.45, 7) is 5.85. The van der Waals surface area contributed by atoms with Gasteiger partial charge in [-0.15, -0.1) is 0 Å². The molecule has 1 aliphatic heterocycles. The van der Waals surface area contributed by atoms with Gasteiger partial charge in [-0.1, -0.05) is 24.3 Å². The Morgan fingerprint density at radius 3 is 2.24 bits per heavy atom. The van der Waals surface area contributed by atoms with E-state index in [4.69, 9.17) is 0 Å². The molecule has 0 aliphatic carbocycles. The predicted octanol–water partition coefficient (Wildman–Crippen LogP) is 4.23. The second-order valence-electron chi connectivity index (χ2n) is 8.54. The molecule has 9 heteroatoms. The maximum absolute atomic E-state index is 13.0. The predicted molar refractivity (Wildman–Crippen MR) is 132 cm³/mol. The summed E-state index contributed by atoms with van der Waals surface area (Å²) in [6.07, 6.45) is 0. The van der Waals surface area contributed by atoms with E-state index in [9.17, 15) is 18.5 Å². The average molecular weight is 479 g/mol. The summed E-state index contributed by atoms with van der Waals surface area (Å²) < 4.78 is 29.7. The normalized spacial score (nSPS) is 15.8. The zero-order chi connectivity index (χ0) is 23.9. The lowest BCUT2D eigenvalue weighted by Crippen LogP contribution is -2.48. The number of hydrogen-bond acceptors (Lipinski definition) is 5. The van der Waals surface area contributed by atoms with Gasteiger partial charge in [0.1, 0.15) is 0 Å². The third kappa shape index (κ3) is 3.96. The number of aryl methyl sites for hydroxylation is 1. The van der Waals surface area contributed by atoms with Gasteiger partial charge < -0.3 is 4.57 Å². The van der Waals surface area contributed by atoms with E-state index in [1.54, 1.807) is 0 Å². The van der Waals surface area contributed by atoms with E-state index < -0.39 is 14.9 Å². The lowest BCUT2D eigenvalue weighted by atomic mass is 10.1. The molecule has 4 aromatic rings. The molecule has 3 aromatic carbocycles. The van der Waals surface area contributed by atoms with E-state index in [-0.39, 0.29) is 10.6 Å². The summed E-state index contributed by atoms with van der Waals surface area (Å²) in [5, 5.41) is 13.3. The first kappa shape index (κ1) is 22.5. The monoisotopic (exact) mass is 478 g/mol. The van der Waals surface area contributed by atoms with Gasteiger partial charge in [-0.3, -0.25) is 15.0 Å². The van der Waals surface area contributed by atoms with Crippen LogP contribution in [0, 0.1) is 10.1 Å². The van der Waals surface area contributed by atoms with Crippen molar-refractivity contribution in [3.63, 3.8) is 0 Å². The lowest BCUT2D eigenvalue weighted by Gasteiger charge is -2.34. The van der Waals surface area contributed by atoms with Crippen LogP contribution in [0.5, 0.6) is 0 Å². The van der Waals surface area contributed by atoms with Crippen molar-refractivity contribution >= 4 is 37.5 Å². The molecule has 0 atom stereocenters. The Morgan fingerprint density at radius 2 is 1.56 bits per heavy atom. The van der Waals surface area contributed by atoms with Gasteiger partial charge in [0.15, 0.2) is 0 Å². The first-order chi connectivity index (χ1) is 16.4. The highest BCUT2D eigenvalue weighted by atomic mass is 32.2. The molecule has 176 valence electrons. The molecule has 5 rings (SSSR count). The zero-order valence-electron chi connectivity index (χ0n) is 18.9. The zero-order valence-corrected chi connectivity index (χ0v) is 19.7. The molecule has 0 saturated carbocycles. The van der Waals surface area contributed by atoms with Crippen molar-refractivity contribution in [2.45, 2.75) is 24.9 Å². The molecule has 1 saturated heterocycles. The molecule has 1 aliphatic rings. The van der Waals surface area contributed by atoms with Crippen molar-refractivity contribution in [2.24, 2.45) is 0 Å². The number of sulfonamides is 1.